The third kappa shape index (κ3) is 5.72. The van der Waals surface area contributed by atoms with Gasteiger partial charge < -0.3 is 15.8 Å². The molecular weight excluding hydrogens is 330 g/mol. The standard InChI is InChI=1S/C20H21N3O3/c1-14(20(25)26-13-17-5-3-2-4-6-17)23-19(24)18(22)11-15-7-9-16(12-21)10-8-15/h2-10,14,18H,11,13,22H2,1H3,(H,23,24)/t14-,18-/m0/s1. The van der Waals surface area contributed by atoms with Crippen LogP contribution < -0.4 is 11.1 Å². The number of ether oxygens (including phenoxy) is 1. The molecule has 2 aromatic rings. The molecule has 26 heavy (non-hydrogen) atoms. The van der Waals surface area contributed by atoms with E-state index in [1.807, 2.05) is 36.4 Å². The van der Waals surface area contributed by atoms with Crippen LogP contribution in [0, 0.1) is 11.3 Å². The minimum absolute atomic E-state index is 0.150. The molecule has 0 spiro atoms. The van der Waals surface area contributed by atoms with Crippen molar-refractivity contribution < 1.29 is 14.3 Å². The number of carbonyl (C=O) groups is 2. The lowest BCUT2D eigenvalue weighted by molar-refractivity contribution is -0.148. The topological polar surface area (TPSA) is 105 Å². The Morgan fingerprint density at radius 3 is 2.38 bits per heavy atom. The van der Waals surface area contributed by atoms with Crippen LogP contribution in [-0.4, -0.2) is 24.0 Å². The quantitative estimate of drug-likeness (QED) is 0.738. The molecule has 2 aromatic carbocycles. The minimum Gasteiger partial charge on any atom is -0.459 e. The lowest BCUT2D eigenvalue weighted by atomic mass is 10.0. The largest absolute Gasteiger partial charge is 0.459 e. The molecule has 0 aliphatic carbocycles. The minimum atomic E-state index is -0.799. The van der Waals surface area contributed by atoms with Crippen LogP contribution in [0.3, 0.4) is 0 Å². The fraction of sp³-hybridized carbons (Fsp3) is 0.250. The van der Waals surface area contributed by atoms with Gasteiger partial charge >= 0.3 is 5.97 Å². The number of amides is 1. The van der Waals surface area contributed by atoms with Crippen LogP contribution in [0.2, 0.25) is 0 Å². The second kappa shape index (κ2) is 9.35. The highest BCUT2D eigenvalue weighted by Gasteiger charge is 2.21. The molecular formula is C20H21N3O3. The van der Waals surface area contributed by atoms with Crippen molar-refractivity contribution in [3.05, 3.63) is 71.3 Å². The molecule has 1 amide bonds. The number of hydrogen-bond acceptors (Lipinski definition) is 5. The summed E-state index contributed by atoms with van der Waals surface area (Å²) in [6.45, 7) is 1.71. The van der Waals surface area contributed by atoms with Gasteiger partial charge in [0.25, 0.3) is 0 Å². The van der Waals surface area contributed by atoms with Crippen molar-refractivity contribution in [2.24, 2.45) is 5.73 Å². The van der Waals surface area contributed by atoms with Gasteiger partial charge in [-0.25, -0.2) is 4.79 Å². The van der Waals surface area contributed by atoms with Gasteiger partial charge in [-0.05, 0) is 36.6 Å². The van der Waals surface area contributed by atoms with E-state index in [2.05, 4.69) is 5.32 Å². The molecule has 0 aromatic heterocycles. The fourth-order valence-electron chi connectivity index (χ4n) is 2.30. The highest BCUT2D eigenvalue weighted by atomic mass is 16.5. The fourth-order valence-corrected chi connectivity index (χ4v) is 2.30. The monoisotopic (exact) mass is 351 g/mol. The zero-order valence-corrected chi connectivity index (χ0v) is 14.5. The van der Waals surface area contributed by atoms with Crippen LogP contribution in [0.25, 0.3) is 0 Å². The van der Waals surface area contributed by atoms with Crippen molar-refractivity contribution in [2.45, 2.75) is 32.0 Å². The van der Waals surface area contributed by atoms with E-state index in [0.29, 0.717) is 12.0 Å². The van der Waals surface area contributed by atoms with E-state index in [9.17, 15) is 9.59 Å². The molecule has 6 heteroatoms. The van der Waals surface area contributed by atoms with Gasteiger partial charge in [0, 0.05) is 0 Å². The van der Waals surface area contributed by atoms with Crippen LogP contribution in [0.5, 0.6) is 0 Å². The Bertz CT molecular complexity index is 782. The highest BCUT2D eigenvalue weighted by molar-refractivity contribution is 5.87. The predicted molar refractivity (Wildman–Crippen MR) is 96.7 cm³/mol. The average molecular weight is 351 g/mol. The molecule has 0 unspecified atom stereocenters. The molecule has 0 aliphatic rings. The maximum Gasteiger partial charge on any atom is 0.328 e. The normalized spacial score (nSPS) is 12.5. The van der Waals surface area contributed by atoms with Crippen molar-refractivity contribution >= 4 is 11.9 Å². The number of nitrogens with one attached hydrogen (secondary N) is 1. The van der Waals surface area contributed by atoms with E-state index in [-0.39, 0.29) is 6.61 Å². The third-order valence-electron chi connectivity index (χ3n) is 3.81. The molecule has 0 saturated carbocycles. The zero-order chi connectivity index (χ0) is 18.9. The lowest BCUT2D eigenvalue weighted by Gasteiger charge is -2.17. The van der Waals surface area contributed by atoms with Crippen molar-refractivity contribution in [3.8, 4) is 6.07 Å². The van der Waals surface area contributed by atoms with Crippen molar-refractivity contribution in [1.29, 1.82) is 5.26 Å². The maximum absolute atomic E-state index is 12.2. The third-order valence-corrected chi connectivity index (χ3v) is 3.81. The molecule has 6 nitrogen and oxygen atoms in total. The summed E-state index contributed by atoms with van der Waals surface area (Å²) in [5.74, 6) is -0.953. The van der Waals surface area contributed by atoms with E-state index < -0.39 is 24.0 Å². The Morgan fingerprint density at radius 1 is 1.12 bits per heavy atom. The maximum atomic E-state index is 12.2. The summed E-state index contributed by atoms with van der Waals surface area (Å²) < 4.78 is 5.19. The summed E-state index contributed by atoms with van der Waals surface area (Å²) in [6.07, 6.45) is 0.309. The molecule has 0 saturated heterocycles. The Balaban J connectivity index is 1.80. The second-order valence-corrected chi connectivity index (χ2v) is 5.94. The Morgan fingerprint density at radius 2 is 1.77 bits per heavy atom. The molecule has 0 aliphatic heterocycles. The van der Waals surface area contributed by atoms with Gasteiger partial charge in [-0.2, -0.15) is 5.26 Å². The first-order chi connectivity index (χ1) is 12.5. The van der Waals surface area contributed by atoms with Gasteiger partial charge in [0.15, 0.2) is 0 Å². The number of nitrogens with two attached hydrogens (primary N) is 1. The molecule has 0 fully saturated rings. The smallest absolute Gasteiger partial charge is 0.328 e. The van der Waals surface area contributed by atoms with Crippen LogP contribution in [0.1, 0.15) is 23.6 Å². The molecule has 3 N–H and O–H groups in total. The predicted octanol–water partition coefficient (Wildman–Crippen LogP) is 1.68. The van der Waals surface area contributed by atoms with Gasteiger partial charge in [-0.1, -0.05) is 42.5 Å². The summed E-state index contributed by atoms with van der Waals surface area (Å²) in [5, 5.41) is 11.4. The number of nitriles is 1. The van der Waals surface area contributed by atoms with Crippen molar-refractivity contribution in [1.82, 2.24) is 5.32 Å². The molecule has 134 valence electrons. The first-order valence-corrected chi connectivity index (χ1v) is 8.25. The molecule has 2 atom stereocenters. The summed E-state index contributed by atoms with van der Waals surface area (Å²) in [4.78, 5) is 24.2. The van der Waals surface area contributed by atoms with Crippen LogP contribution in [-0.2, 0) is 27.4 Å². The second-order valence-electron chi connectivity index (χ2n) is 5.94. The first-order valence-electron chi connectivity index (χ1n) is 8.25. The first kappa shape index (κ1) is 19.2. The van der Waals surface area contributed by atoms with Crippen LogP contribution in [0.15, 0.2) is 54.6 Å². The Labute approximate surface area is 152 Å². The van der Waals surface area contributed by atoms with Crippen molar-refractivity contribution in [2.75, 3.05) is 0 Å². The van der Waals surface area contributed by atoms with Gasteiger partial charge in [0.05, 0.1) is 17.7 Å². The zero-order valence-electron chi connectivity index (χ0n) is 14.5. The molecule has 0 bridgehead atoms. The molecule has 2 rings (SSSR count). The Kier molecular flexibility index (Phi) is 6.89. The van der Waals surface area contributed by atoms with Crippen LogP contribution >= 0.6 is 0 Å². The number of rotatable bonds is 7. The van der Waals surface area contributed by atoms with Gasteiger partial charge in [-0.15, -0.1) is 0 Å². The van der Waals surface area contributed by atoms with Crippen LogP contribution in [0.4, 0.5) is 0 Å². The lowest BCUT2D eigenvalue weighted by Crippen LogP contribution is -2.48. The van der Waals surface area contributed by atoms with Gasteiger partial charge in [-0.3, -0.25) is 4.79 Å². The average Bonchev–Trinajstić information content (AvgIpc) is 2.67. The number of benzene rings is 2. The highest BCUT2D eigenvalue weighted by Crippen LogP contribution is 2.06. The molecule has 0 heterocycles. The van der Waals surface area contributed by atoms with Gasteiger partial charge in [0.2, 0.25) is 5.91 Å². The summed E-state index contributed by atoms with van der Waals surface area (Å²) in [7, 11) is 0. The van der Waals surface area contributed by atoms with E-state index >= 15 is 0 Å². The van der Waals surface area contributed by atoms with E-state index in [1.54, 1.807) is 31.2 Å². The van der Waals surface area contributed by atoms with Gasteiger partial charge in [0.1, 0.15) is 12.6 Å². The number of esters is 1. The van der Waals surface area contributed by atoms with E-state index in [1.165, 1.54) is 0 Å². The summed E-state index contributed by atoms with van der Waals surface area (Å²) in [6, 6.07) is 16.6. The number of hydrogen-bond donors (Lipinski definition) is 2. The van der Waals surface area contributed by atoms with Crippen molar-refractivity contribution in [3.63, 3.8) is 0 Å². The summed E-state index contributed by atoms with van der Waals surface area (Å²) in [5.41, 5.74) is 8.16. The van der Waals surface area contributed by atoms with E-state index in [4.69, 9.17) is 15.7 Å². The summed E-state index contributed by atoms with van der Waals surface area (Å²) >= 11 is 0. The Hall–Kier alpha value is -3.17. The number of nitrogens with zero attached hydrogens (tertiary/aromatic N) is 1. The molecule has 0 radical (unpaired) electrons. The number of carbonyl (C=O) groups excluding carboxylic acids is 2. The SMILES string of the molecule is C[C@H](NC(=O)[C@@H](N)Cc1ccc(C#N)cc1)C(=O)OCc1ccccc1. The van der Waals surface area contributed by atoms with E-state index in [0.717, 1.165) is 11.1 Å².